The molecule has 1 saturated carbocycles. The lowest BCUT2D eigenvalue weighted by atomic mass is 10.0. The molecule has 21 heavy (non-hydrogen) atoms. The SMILES string of the molecule is CCCN(Cc1ccc(C#N)cc1)C(=O)C1CCC(N)C1. The lowest BCUT2D eigenvalue weighted by Crippen LogP contribution is -2.36. The Balaban J connectivity index is 2.04. The van der Waals surface area contributed by atoms with E-state index in [0.717, 1.165) is 37.8 Å². The third-order valence-corrected chi connectivity index (χ3v) is 4.08. The molecule has 4 heteroatoms. The second-order valence-corrected chi connectivity index (χ2v) is 5.84. The van der Waals surface area contributed by atoms with Crippen LogP contribution >= 0.6 is 0 Å². The van der Waals surface area contributed by atoms with Gasteiger partial charge < -0.3 is 10.6 Å². The summed E-state index contributed by atoms with van der Waals surface area (Å²) in [6, 6.07) is 9.74. The van der Waals surface area contributed by atoms with Crippen LogP contribution in [0.5, 0.6) is 0 Å². The van der Waals surface area contributed by atoms with Crippen LogP contribution in [0.15, 0.2) is 24.3 Å². The number of nitriles is 1. The van der Waals surface area contributed by atoms with Gasteiger partial charge in [0.25, 0.3) is 0 Å². The van der Waals surface area contributed by atoms with Gasteiger partial charge in [0, 0.05) is 25.0 Å². The summed E-state index contributed by atoms with van der Waals surface area (Å²) in [4.78, 5) is 14.6. The van der Waals surface area contributed by atoms with Gasteiger partial charge in [-0.1, -0.05) is 19.1 Å². The number of nitrogens with zero attached hydrogens (tertiary/aromatic N) is 2. The van der Waals surface area contributed by atoms with Gasteiger partial charge in [-0.05, 0) is 43.4 Å². The van der Waals surface area contributed by atoms with Crippen molar-refractivity contribution in [3.8, 4) is 6.07 Å². The van der Waals surface area contributed by atoms with E-state index in [4.69, 9.17) is 11.0 Å². The van der Waals surface area contributed by atoms with Gasteiger partial charge >= 0.3 is 0 Å². The quantitative estimate of drug-likeness (QED) is 0.903. The standard InChI is InChI=1S/C17H23N3O/c1-2-9-20(17(21)15-7-8-16(19)10-15)12-14-5-3-13(11-18)4-6-14/h3-6,15-16H,2,7-10,12,19H2,1H3. The maximum absolute atomic E-state index is 12.6. The van der Waals surface area contributed by atoms with Crippen LogP contribution in [0.3, 0.4) is 0 Å². The average molecular weight is 285 g/mol. The Morgan fingerprint density at radius 3 is 2.62 bits per heavy atom. The molecule has 1 amide bonds. The Morgan fingerprint density at radius 2 is 2.10 bits per heavy atom. The van der Waals surface area contributed by atoms with E-state index in [0.29, 0.717) is 12.1 Å². The molecule has 0 heterocycles. The van der Waals surface area contributed by atoms with Gasteiger partial charge in [-0.2, -0.15) is 5.26 Å². The summed E-state index contributed by atoms with van der Waals surface area (Å²) in [6.45, 7) is 3.47. The van der Waals surface area contributed by atoms with Crippen molar-refractivity contribution in [2.24, 2.45) is 11.7 Å². The molecule has 4 nitrogen and oxygen atoms in total. The first-order valence-electron chi connectivity index (χ1n) is 7.67. The fourth-order valence-corrected chi connectivity index (χ4v) is 2.94. The summed E-state index contributed by atoms with van der Waals surface area (Å²) in [7, 11) is 0. The van der Waals surface area contributed by atoms with Crippen LogP contribution in [0.1, 0.15) is 43.7 Å². The predicted octanol–water partition coefficient (Wildman–Crippen LogP) is 2.42. The molecule has 0 aliphatic heterocycles. The van der Waals surface area contributed by atoms with Crippen LogP contribution in [-0.4, -0.2) is 23.4 Å². The fourth-order valence-electron chi connectivity index (χ4n) is 2.94. The third-order valence-electron chi connectivity index (χ3n) is 4.08. The largest absolute Gasteiger partial charge is 0.338 e. The Hall–Kier alpha value is -1.86. The highest BCUT2D eigenvalue weighted by Gasteiger charge is 2.30. The van der Waals surface area contributed by atoms with Crippen LogP contribution in [0.4, 0.5) is 0 Å². The number of carbonyl (C=O) groups is 1. The zero-order valence-corrected chi connectivity index (χ0v) is 12.6. The minimum absolute atomic E-state index is 0.0879. The molecule has 112 valence electrons. The van der Waals surface area contributed by atoms with E-state index < -0.39 is 0 Å². The van der Waals surface area contributed by atoms with Gasteiger partial charge in [-0.25, -0.2) is 0 Å². The molecule has 2 N–H and O–H groups in total. The van der Waals surface area contributed by atoms with Crippen LogP contribution in [0.2, 0.25) is 0 Å². The van der Waals surface area contributed by atoms with Gasteiger partial charge in [0.2, 0.25) is 5.91 Å². The van der Waals surface area contributed by atoms with Crippen molar-refractivity contribution in [2.75, 3.05) is 6.54 Å². The molecular formula is C17H23N3O. The maximum atomic E-state index is 12.6. The van der Waals surface area contributed by atoms with E-state index in [9.17, 15) is 4.79 Å². The van der Waals surface area contributed by atoms with Gasteiger partial charge in [0.15, 0.2) is 0 Å². The number of nitrogens with two attached hydrogens (primary N) is 1. The summed E-state index contributed by atoms with van der Waals surface area (Å²) in [5, 5.41) is 8.82. The molecule has 1 aromatic rings. The molecule has 2 atom stereocenters. The zero-order valence-electron chi connectivity index (χ0n) is 12.6. The van der Waals surface area contributed by atoms with E-state index >= 15 is 0 Å². The first-order chi connectivity index (χ1) is 10.1. The van der Waals surface area contributed by atoms with Crippen molar-refractivity contribution < 1.29 is 4.79 Å². The number of hydrogen-bond donors (Lipinski definition) is 1. The second-order valence-electron chi connectivity index (χ2n) is 5.84. The van der Waals surface area contributed by atoms with Crippen molar-refractivity contribution in [3.05, 3.63) is 35.4 Å². The topological polar surface area (TPSA) is 70.1 Å². The van der Waals surface area contributed by atoms with Gasteiger partial charge in [0.05, 0.1) is 11.6 Å². The molecule has 2 unspecified atom stereocenters. The Kier molecular flexibility index (Phi) is 5.35. The summed E-state index contributed by atoms with van der Waals surface area (Å²) in [5.41, 5.74) is 7.63. The van der Waals surface area contributed by atoms with Crippen molar-refractivity contribution in [1.82, 2.24) is 4.90 Å². The van der Waals surface area contributed by atoms with Crippen LogP contribution < -0.4 is 5.73 Å². The second kappa shape index (κ2) is 7.24. The van der Waals surface area contributed by atoms with E-state index in [1.165, 1.54) is 0 Å². The Labute approximate surface area is 126 Å². The van der Waals surface area contributed by atoms with E-state index in [1.54, 1.807) is 12.1 Å². The van der Waals surface area contributed by atoms with Crippen LogP contribution in [0.25, 0.3) is 0 Å². The van der Waals surface area contributed by atoms with Crippen LogP contribution in [-0.2, 0) is 11.3 Å². The molecule has 0 bridgehead atoms. The summed E-state index contributed by atoms with van der Waals surface area (Å²) >= 11 is 0. The molecule has 1 fully saturated rings. The van der Waals surface area contributed by atoms with Crippen molar-refractivity contribution in [3.63, 3.8) is 0 Å². The highest BCUT2D eigenvalue weighted by atomic mass is 16.2. The molecular weight excluding hydrogens is 262 g/mol. The first-order valence-corrected chi connectivity index (χ1v) is 7.67. The fraction of sp³-hybridized carbons (Fsp3) is 0.529. The normalized spacial score (nSPS) is 21.0. The third kappa shape index (κ3) is 4.05. The molecule has 0 aromatic heterocycles. The minimum atomic E-state index is 0.0879. The molecule has 0 saturated heterocycles. The predicted molar refractivity (Wildman–Crippen MR) is 82.2 cm³/mol. The monoisotopic (exact) mass is 285 g/mol. The molecule has 1 aliphatic rings. The van der Waals surface area contributed by atoms with Gasteiger partial charge in [-0.3, -0.25) is 4.79 Å². The number of rotatable bonds is 5. The first kappa shape index (κ1) is 15.5. The highest BCUT2D eigenvalue weighted by molar-refractivity contribution is 5.79. The summed E-state index contributed by atoms with van der Waals surface area (Å²) < 4.78 is 0. The summed E-state index contributed by atoms with van der Waals surface area (Å²) in [6.07, 6.45) is 3.62. The minimum Gasteiger partial charge on any atom is -0.338 e. The van der Waals surface area contributed by atoms with E-state index in [-0.39, 0.29) is 17.9 Å². The molecule has 1 aliphatic carbocycles. The Morgan fingerprint density at radius 1 is 1.38 bits per heavy atom. The van der Waals surface area contributed by atoms with Crippen molar-refractivity contribution in [1.29, 1.82) is 5.26 Å². The van der Waals surface area contributed by atoms with E-state index in [2.05, 4.69) is 13.0 Å². The Bertz CT molecular complexity index is 518. The lowest BCUT2D eigenvalue weighted by Gasteiger charge is -2.25. The average Bonchev–Trinajstić information content (AvgIpc) is 2.93. The maximum Gasteiger partial charge on any atom is 0.226 e. The highest BCUT2D eigenvalue weighted by Crippen LogP contribution is 2.26. The van der Waals surface area contributed by atoms with Gasteiger partial charge in [-0.15, -0.1) is 0 Å². The lowest BCUT2D eigenvalue weighted by molar-refractivity contribution is -0.136. The molecule has 0 radical (unpaired) electrons. The molecule has 1 aromatic carbocycles. The number of amides is 1. The van der Waals surface area contributed by atoms with Crippen molar-refractivity contribution in [2.45, 2.75) is 45.2 Å². The van der Waals surface area contributed by atoms with E-state index in [1.807, 2.05) is 17.0 Å². The number of benzene rings is 1. The summed E-state index contributed by atoms with van der Waals surface area (Å²) in [5.74, 6) is 0.319. The number of hydrogen-bond acceptors (Lipinski definition) is 3. The molecule has 0 spiro atoms. The van der Waals surface area contributed by atoms with Crippen LogP contribution in [0, 0.1) is 17.2 Å². The van der Waals surface area contributed by atoms with Crippen molar-refractivity contribution >= 4 is 5.91 Å². The smallest absolute Gasteiger partial charge is 0.226 e. The molecule has 2 rings (SSSR count). The number of carbonyl (C=O) groups excluding carboxylic acids is 1. The zero-order chi connectivity index (χ0) is 15.2. The van der Waals surface area contributed by atoms with Gasteiger partial charge in [0.1, 0.15) is 0 Å².